The van der Waals surface area contributed by atoms with Crippen LogP contribution in [0.25, 0.3) is 0 Å². The number of ether oxygens (including phenoxy) is 1. The molecular weight excluding hydrogens is 250 g/mol. The third kappa shape index (κ3) is 5.29. The van der Waals surface area contributed by atoms with Crippen molar-refractivity contribution in [2.24, 2.45) is 5.92 Å². The van der Waals surface area contributed by atoms with Crippen molar-refractivity contribution in [3.05, 3.63) is 0 Å². The third-order valence-electron chi connectivity index (χ3n) is 3.19. The van der Waals surface area contributed by atoms with Crippen LogP contribution in [0, 0.1) is 5.92 Å². The van der Waals surface area contributed by atoms with E-state index in [0.29, 0.717) is 23.3 Å². The maximum Gasteiger partial charge on any atom is 0.305 e. The second-order valence-corrected chi connectivity index (χ2v) is 6.53. The zero-order chi connectivity index (χ0) is 13.5. The van der Waals surface area contributed by atoms with Crippen molar-refractivity contribution in [2.75, 3.05) is 26.0 Å². The lowest BCUT2D eigenvalue weighted by Gasteiger charge is -2.31. The van der Waals surface area contributed by atoms with E-state index in [2.05, 4.69) is 18.6 Å². The first-order valence-corrected chi connectivity index (χ1v) is 7.54. The van der Waals surface area contributed by atoms with Gasteiger partial charge in [-0.1, -0.05) is 13.8 Å². The SMILES string of the molecule is COC(=O)CC1CCN(C(=O)CSC(C)C)CC1. The maximum absolute atomic E-state index is 11.9. The molecule has 0 radical (unpaired) electrons. The van der Waals surface area contributed by atoms with Gasteiger partial charge in [-0.3, -0.25) is 9.59 Å². The van der Waals surface area contributed by atoms with Gasteiger partial charge in [0, 0.05) is 19.5 Å². The zero-order valence-electron chi connectivity index (χ0n) is 11.5. The normalized spacial score (nSPS) is 17.0. The first kappa shape index (κ1) is 15.3. The predicted octanol–water partition coefficient (Wildman–Crippen LogP) is 1.93. The minimum absolute atomic E-state index is 0.143. The van der Waals surface area contributed by atoms with Gasteiger partial charge in [-0.25, -0.2) is 0 Å². The van der Waals surface area contributed by atoms with Crippen molar-refractivity contribution >= 4 is 23.6 Å². The molecule has 0 bridgehead atoms. The monoisotopic (exact) mass is 273 g/mol. The summed E-state index contributed by atoms with van der Waals surface area (Å²) in [7, 11) is 1.42. The maximum atomic E-state index is 11.9. The molecule has 104 valence electrons. The lowest BCUT2D eigenvalue weighted by atomic mass is 9.93. The van der Waals surface area contributed by atoms with Gasteiger partial charge >= 0.3 is 5.97 Å². The summed E-state index contributed by atoms with van der Waals surface area (Å²) in [6, 6.07) is 0. The molecule has 1 aliphatic rings. The summed E-state index contributed by atoms with van der Waals surface area (Å²) in [5.41, 5.74) is 0. The van der Waals surface area contributed by atoms with E-state index in [1.54, 1.807) is 11.8 Å². The minimum Gasteiger partial charge on any atom is -0.469 e. The van der Waals surface area contributed by atoms with Crippen molar-refractivity contribution in [3.63, 3.8) is 0 Å². The fraction of sp³-hybridized carbons (Fsp3) is 0.846. The topological polar surface area (TPSA) is 46.6 Å². The highest BCUT2D eigenvalue weighted by molar-refractivity contribution is 8.00. The molecule has 0 aromatic carbocycles. The largest absolute Gasteiger partial charge is 0.469 e. The molecule has 0 atom stereocenters. The van der Waals surface area contributed by atoms with Crippen molar-refractivity contribution in [2.45, 2.75) is 38.4 Å². The smallest absolute Gasteiger partial charge is 0.305 e. The van der Waals surface area contributed by atoms with Crippen molar-refractivity contribution in [1.82, 2.24) is 4.90 Å². The molecule has 1 rings (SSSR count). The molecule has 0 unspecified atom stereocenters. The van der Waals surface area contributed by atoms with Crippen LogP contribution < -0.4 is 0 Å². The Morgan fingerprint density at radius 2 is 1.94 bits per heavy atom. The number of hydrogen-bond donors (Lipinski definition) is 0. The highest BCUT2D eigenvalue weighted by atomic mass is 32.2. The van der Waals surface area contributed by atoms with E-state index in [0.717, 1.165) is 25.9 Å². The molecule has 18 heavy (non-hydrogen) atoms. The molecule has 0 spiro atoms. The number of thioether (sulfide) groups is 1. The molecule has 4 nitrogen and oxygen atoms in total. The molecule has 1 heterocycles. The van der Waals surface area contributed by atoms with E-state index in [1.165, 1.54) is 7.11 Å². The summed E-state index contributed by atoms with van der Waals surface area (Å²) in [6.45, 7) is 5.75. The van der Waals surface area contributed by atoms with Gasteiger partial charge in [0.25, 0.3) is 0 Å². The highest BCUT2D eigenvalue weighted by Gasteiger charge is 2.24. The van der Waals surface area contributed by atoms with E-state index < -0.39 is 0 Å². The van der Waals surface area contributed by atoms with Gasteiger partial charge in [-0.2, -0.15) is 0 Å². The Morgan fingerprint density at radius 3 is 2.44 bits per heavy atom. The van der Waals surface area contributed by atoms with E-state index in [1.807, 2.05) is 4.90 Å². The first-order chi connectivity index (χ1) is 8.52. The average Bonchev–Trinajstić information content (AvgIpc) is 2.36. The second kappa shape index (κ2) is 7.67. The molecule has 5 heteroatoms. The fourth-order valence-corrected chi connectivity index (χ4v) is 2.69. The molecule has 0 aliphatic carbocycles. The Labute approximate surface area is 113 Å². The summed E-state index contributed by atoms with van der Waals surface area (Å²) in [6.07, 6.45) is 2.31. The van der Waals surface area contributed by atoms with Gasteiger partial charge in [0.15, 0.2) is 0 Å². The number of carbonyl (C=O) groups excluding carboxylic acids is 2. The average molecular weight is 273 g/mol. The van der Waals surface area contributed by atoms with Crippen LogP contribution in [0.4, 0.5) is 0 Å². The summed E-state index contributed by atoms with van der Waals surface area (Å²) in [5, 5.41) is 0.491. The molecule has 0 aromatic rings. The minimum atomic E-state index is -0.143. The predicted molar refractivity (Wildman–Crippen MR) is 73.5 cm³/mol. The number of carbonyl (C=O) groups is 2. The van der Waals surface area contributed by atoms with Gasteiger partial charge in [-0.15, -0.1) is 11.8 Å². The van der Waals surface area contributed by atoms with Crippen LogP contribution in [0.5, 0.6) is 0 Å². The Hall–Kier alpha value is -0.710. The van der Waals surface area contributed by atoms with Crippen molar-refractivity contribution in [1.29, 1.82) is 0 Å². The molecule has 1 saturated heterocycles. The number of hydrogen-bond acceptors (Lipinski definition) is 4. The molecular formula is C13H23NO3S. The van der Waals surface area contributed by atoms with Gasteiger partial charge in [0.2, 0.25) is 5.91 Å². The number of rotatable bonds is 5. The van der Waals surface area contributed by atoms with E-state index in [4.69, 9.17) is 0 Å². The molecule has 1 fully saturated rings. The van der Waals surface area contributed by atoms with Crippen LogP contribution >= 0.6 is 11.8 Å². The molecule has 0 aromatic heterocycles. The standard InChI is InChI=1S/C13H23NO3S/c1-10(2)18-9-12(15)14-6-4-11(5-7-14)8-13(16)17-3/h10-11H,4-9H2,1-3H3. The molecule has 1 aliphatic heterocycles. The van der Waals surface area contributed by atoms with Crippen molar-refractivity contribution < 1.29 is 14.3 Å². The quantitative estimate of drug-likeness (QED) is 0.718. The highest BCUT2D eigenvalue weighted by Crippen LogP contribution is 2.22. The summed E-state index contributed by atoms with van der Waals surface area (Å²) >= 11 is 1.68. The van der Waals surface area contributed by atoms with Crippen LogP contribution in [-0.2, 0) is 14.3 Å². The van der Waals surface area contributed by atoms with Crippen LogP contribution in [-0.4, -0.2) is 48.0 Å². The lowest BCUT2D eigenvalue weighted by molar-refractivity contribution is -0.142. The van der Waals surface area contributed by atoms with Crippen molar-refractivity contribution in [3.8, 4) is 0 Å². The van der Waals surface area contributed by atoms with Gasteiger partial charge in [0.1, 0.15) is 0 Å². The number of likely N-dealkylation sites (tertiary alicyclic amines) is 1. The van der Waals surface area contributed by atoms with Gasteiger partial charge in [0.05, 0.1) is 12.9 Å². The number of nitrogens with zero attached hydrogens (tertiary/aromatic N) is 1. The first-order valence-electron chi connectivity index (χ1n) is 6.49. The van der Waals surface area contributed by atoms with Gasteiger partial charge < -0.3 is 9.64 Å². The zero-order valence-corrected chi connectivity index (χ0v) is 12.3. The Kier molecular flexibility index (Phi) is 6.54. The Balaban J connectivity index is 2.26. The Bertz CT molecular complexity index is 286. The van der Waals surface area contributed by atoms with E-state index in [9.17, 15) is 9.59 Å². The summed E-state index contributed by atoms with van der Waals surface area (Å²) < 4.78 is 4.67. The van der Waals surface area contributed by atoms with E-state index >= 15 is 0 Å². The van der Waals surface area contributed by atoms with Crippen LogP contribution in [0.3, 0.4) is 0 Å². The number of piperidine rings is 1. The molecule has 0 saturated carbocycles. The van der Waals surface area contributed by atoms with Gasteiger partial charge in [-0.05, 0) is 24.0 Å². The van der Waals surface area contributed by atoms with Crippen LogP contribution in [0.15, 0.2) is 0 Å². The van der Waals surface area contributed by atoms with E-state index in [-0.39, 0.29) is 11.9 Å². The molecule has 0 N–H and O–H groups in total. The summed E-state index contributed by atoms with van der Waals surface area (Å²) in [5.74, 6) is 1.03. The summed E-state index contributed by atoms with van der Waals surface area (Å²) in [4.78, 5) is 25.0. The number of methoxy groups -OCH3 is 1. The number of amides is 1. The molecule has 1 amide bonds. The van der Waals surface area contributed by atoms with Crippen LogP contribution in [0.2, 0.25) is 0 Å². The van der Waals surface area contributed by atoms with Crippen LogP contribution in [0.1, 0.15) is 33.1 Å². The number of esters is 1. The lowest BCUT2D eigenvalue weighted by Crippen LogP contribution is -2.40. The Morgan fingerprint density at radius 1 is 1.33 bits per heavy atom. The second-order valence-electron chi connectivity index (χ2n) is 4.96. The fourth-order valence-electron chi connectivity index (χ4n) is 2.03. The third-order valence-corrected chi connectivity index (χ3v) is 4.27.